The van der Waals surface area contributed by atoms with Crippen molar-refractivity contribution in [2.75, 3.05) is 13.2 Å². The molecule has 0 aromatic heterocycles. The molecule has 0 spiro atoms. The number of para-hydroxylation sites is 1. The van der Waals surface area contributed by atoms with Gasteiger partial charge in [0.2, 0.25) is 11.6 Å². The van der Waals surface area contributed by atoms with Gasteiger partial charge in [-0.15, -0.1) is 0 Å². The van der Waals surface area contributed by atoms with Crippen LogP contribution in [0.3, 0.4) is 0 Å². The second-order valence-corrected chi connectivity index (χ2v) is 4.58. The monoisotopic (exact) mass is 356 g/mol. The van der Waals surface area contributed by atoms with Crippen LogP contribution in [0.15, 0.2) is 36.4 Å². The third-order valence-corrected chi connectivity index (χ3v) is 2.93. The lowest BCUT2D eigenvalue weighted by Gasteiger charge is -2.09. The molecule has 2 aromatic carbocycles. The van der Waals surface area contributed by atoms with Crippen LogP contribution in [0.4, 0.5) is 18.9 Å². The highest BCUT2D eigenvalue weighted by molar-refractivity contribution is 5.94. The summed E-state index contributed by atoms with van der Waals surface area (Å²) in [6, 6.07) is 8.95. The molecular formula is C15H11F3N2O5. The molecule has 0 bridgehead atoms. The minimum absolute atomic E-state index is 0.0324. The van der Waals surface area contributed by atoms with Crippen LogP contribution >= 0.6 is 0 Å². The predicted octanol–water partition coefficient (Wildman–Crippen LogP) is 2.75. The molecule has 0 saturated carbocycles. The first-order valence-electron chi connectivity index (χ1n) is 6.83. The fraction of sp³-hybridized carbons (Fsp3) is 0.133. The Kier molecular flexibility index (Phi) is 5.90. The van der Waals surface area contributed by atoms with Crippen LogP contribution in [0.2, 0.25) is 0 Å². The minimum atomic E-state index is -2.12. The number of hydrogen-bond donors (Lipinski definition) is 1. The van der Waals surface area contributed by atoms with Crippen molar-refractivity contribution in [3.63, 3.8) is 0 Å². The highest BCUT2D eigenvalue weighted by Crippen LogP contribution is 2.25. The number of hydrogen-bond acceptors (Lipinski definition) is 5. The highest BCUT2D eigenvalue weighted by Gasteiger charge is 2.28. The van der Waals surface area contributed by atoms with Crippen molar-refractivity contribution in [2.24, 2.45) is 0 Å². The number of amides is 1. The smallest absolute Gasteiger partial charge is 0.308 e. The summed E-state index contributed by atoms with van der Waals surface area (Å²) in [5.74, 6) is -6.72. The number of carbonyl (C=O) groups excluding carboxylic acids is 1. The van der Waals surface area contributed by atoms with Gasteiger partial charge >= 0.3 is 5.69 Å². The van der Waals surface area contributed by atoms with Gasteiger partial charge in [0.05, 0.1) is 10.5 Å². The standard InChI is InChI=1S/C15H11F3N2O5/c16-12-10(8-11(20(22)23)13(17)14(12)18)15(21)19-25-7-6-24-9-4-2-1-3-5-9/h1-5,8H,6-7H2,(H,19,21). The number of nitrogens with one attached hydrogen (secondary N) is 1. The molecule has 1 N–H and O–H groups in total. The van der Waals surface area contributed by atoms with E-state index in [-0.39, 0.29) is 19.3 Å². The molecule has 2 rings (SSSR count). The zero-order valence-corrected chi connectivity index (χ0v) is 12.5. The molecule has 0 radical (unpaired) electrons. The number of nitro benzene ring substituents is 1. The molecular weight excluding hydrogens is 345 g/mol. The van der Waals surface area contributed by atoms with Gasteiger partial charge in [0.15, 0.2) is 5.82 Å². The van der Waals surface area contributed by atoms with Crippen molar-refractivity contribution in [1.29, 1.82) is 0 Å². The average Bonchev–Trinajstić information content (AvgIpc) is 2.60. The molecule has 0 saturated heterocycles. The lowest BCUT2D eigenvalue weighted by Crippen LogP contribution is -2.27. The van der Waals surface area contributed by atoms with Gasteiger partial charge in [-0.2, -0.15) is 4.39 Å². The number of nitrogens with zero attached hydrogens (tertiary/aromatic N) is 1. The predicted molar refractivity (Wildman–Crippen MR) is 78.3 cm³/mol. The van der Waals surface area contributed by atoms with E-state index in [2.05, 4.69) is 0 Å². The molecule has 0 fully saturated rings. The summed E-state index contributed by atoms with van der Waals surface area (Å²) in [7, 11) is 0. The van der Waals surface area contributed by atoms with Crippen molar-refractivity contribution >= 4 is 11.6 Å². The summed E-state index contributed by atoms with van der Waals surface area (Å²) < 4.78 is 45.4. The van der Waals surface area contributed by atoms with Gasteiger partial charge in [0.1, 0.15) is 19.0 Å². The van der Waals surface area contributed by atoms with Crippen LogP contribution in [0, 0.1) is 27.6 Å². The van der Waals surface area contributed by atoms with Crippen molar-refractivity contribution < 1.29 is 32.5 Å². The van der Waals surface area contributed by atoms with Crippen molar-refractivity contribution in [3.05, 3.63) is 69.5 Å². The van der Waals surface area contributed by atoms with Crippen LogP contribution in [0.25, 0.3) is 0 Å². The third kappa shape index (κ3) is 4.44. The maximum Gasteiger partial charge on any atom is 0.308 e. The summed E-state index contributed by atoms with van der Waals surface area (Å²) in [5.41, 5.74) is -0.657. The molecule has 0 aliphatic carbocycles. The molecule has 10 heteroatoms. The number of rotatable bonds is 7. The Morgan fingerprint density at radius 3 is 2.40 bits per heavy atom. The van der Waals surface area contributed by atoms with Gasteiger partial charge in [-0.05, 0) is 12.1 Å². The van der Waals surface area contributed by atoms with Crippen LogP contribution in [-0.4, -0.2) is 24.0 Å². The van der Waals surface area contributed by atoms with Crippen LogP contribution in [-0.2, 0) is 4.84 Å². The summed E-state index contributed by atoms with van der Waals surface area (Å²) in [4.78, 5) is 25.7. The van der Waals surface area contributed by atoms with E-state index in [0.717, 1.165) is 0 Å². The molecule has 0 aliphatic heterocycles. The Morgan fingerprint density at radius 2 is 1.76 bits per heavy atom. The molecule has 25 heavy (non-hydrogen) atoms. The zero-order chi connectivity index (χ0) is 18.4. The van der Waals surface area contributed by atoms with Gasteiger partial charge in [-0.3, -0.25) is 19.7 Å². The van der Waals surface area contributed by atoms with E-state index < -0.39 is 39.5 Å². The molecule has 0 heterocycles. The van der Waals surface area contributed by atoms with Crippen molar-refractivity contribution in [1.82, 2.24) is 5.48 Å². The van der Waals surface area contributed by atoms with Gasteiger partial charge in [-0.25, -0.2) is 14.3 Å². The molecule has 0 aliphatic rings. The summed E-state index contributed by atoms with van der Waals surface area (Å²) in [6.07, 6.45) is 0. The number of carbonyl (C=O) groups is 1. The molecule has 0 unspecified atom stereocenters. The molecule has 132 valence electrons. The third-order valence-electron chi connectivity index (χ3n) is 2.93. The minimum Gasteiger partial charge on any atom is -0.491 e. The number of benzene rings is 2. The molecule has 7 nitrogen and oxygen atoms in total. The first-order valence-corrected chi connectivity index (χ1v) is 6.83. The Bertz CT molecular complexity index is 786. The Balaban J connectivity index is 1.93. The number of halogens is 3. The van der Waals surface area contributed by atoms with Crippen molar-refractivity contribution in [3.8, 4) is 5.75 Å². The topological polar surface area (TPSA) is 90.7 Å². The van der Waals surface area contributed by atoms with Gasteiger partial charge in [-0.1, -0.05) is 18.2 Å². The van der Waals surface area contributed by atoms with E-state index in [9.17, 15) is 28.1 Å². The number of ether oxygens (including phenoxy) is 1. The Labute approximate surface area is 139 Å². The maximum atomic E-state index is 13.6. The first kappa shape index (κ1) is 18.2. The van der Waals surface area contributed by atoms with Gasteiger partial charge < -0.3 is 4.74 Å². The van der Waals surface area contributed by atoms with Crippen molar-refractivity contribution in [2.45, 2.75) is 0 Å². The SMILES string of the molecule is O=C(NOCCOc1ccccc1)c1cc([N+](=O)[O-])c(F)c(F)c1F. The van der Waals surface area contributed by atoms with E-state index in [1.165, 1.54) is 0 Å². The van der Waals surface area contributed by atoms with Gasteiger partial charge in [0, 0.05) is 6.07 Å². The Hall–Kier alpha value is -3.14. The summed E-state index contributed by atoms with van der Waals surface area (Å²) in [6.45, 7) is -0.112. The molecule has 2 aromatic rings. The number of nitro groups is 1. The second kappa shape index (κ2) is 8.11. The fourth-order valence-electron chi connectivity index (χ4n) is 1.78. The Morgan fingerprint density at radius 1 is 1.08 bits per heavy atom. The quantitative estimate of drug-likeness (QED) is 0.357. The molecule has 1 amide bonds. The lowest BCUT2D eigenvalue weighted by atomic mass is 10.1. The normalized spacial score (nSPS) is 10.4. The summed E-state index contributed by atoms with van der Waals surface area (Å²) in [5, 5.41) is 10.6. The van der Waals surface area contributed by atoms with E-state index in [1.54, 1.807) is 35.8 Å². The summed E-state index contributed by atoms with van der Waals surface area (Å²) >= 11 is 0. The van der Waals surface area contributed by atoms with Crippen LogP contribution in [0.5, 0.6) is 5.75 Å². The van der Waals surface area contributed by atoms with E-state index in [4.69, 9.17) is 9.57 Å². The maximum absolute atomic E-state index is 13.6. The van der Waals surface area contributed by atoms with Crippen LogP contribution in [0.1, 0.15) is 10.4 Å². The first-order chi connectivity index (χ1) is 11.9. The van der Waals surface area contributed by atoms with E-state index in [0.29, 0.717) is 5.75 Å². The number of hydroxylamine groups is 1. The second-order valence-electron chi connectivity index (χ2n) is 4.58. The zero-order valence-electron chi connectivity index (χ0n) is 12.5. The fourth-order valence-corrected chi connectivity index (χ4v) is 1.78. The average molecular weight is 356 g/mol. The van der Waals surface area contributed by atoms with Gasteiger partial charge in [0.25, 0.3) is 5.91 Å². The highest BCUT2D eigenvalue weighted by atomic mass is 19.2. The van der Waals surface area contributed by atoms with Crippen LogP contribution < -0.4 is 10.2 Å². The van der Waals surface area contributed by atoms with E-state index >= 15 is 0 Å². The molecule has 0 atom stereocenters. The lowest BCUT2D eigenvalue weighted by molar-refractivity contribution is -0.387. The largest absolute Gasteiger partial charge is 0.491 e. The van der Waals surface area contributed by atoms with E-state index in [1.807, 2.05) is 0 Å².